The van der Waals surface area contributed by atoms with Gasteiger partial charge in [-0.25, -0.2) is 0 Å². The predicted molar refractivity (Wildman–Crippen MR) is 29.2 cm³/mol. The minimum Gasteiger partial charge on any atom is -0.151 e. The Morgan fingerprint density at radius 2 is 2.14 bits per heavy atom. The number of nitrogens with zero attached hydrogens (tertiary/aromatic N) is 2. The van der Waals surface area contributed by atoms with E-state index in [1.54, 1.807) is 0 Å². The van der Waals surface area contributed by atoms with Crippen LogP contribution in [0.4, 0.5) is 0 Å². The summed E-state index contributed by atoms with van der Waals surface area (Å²) in [6.45, 7) is -0.0938. The molecule has 0 aliphatic carbocycles. The summed E-state index contributed by atoms with van der Waals surface area (Å²) in [6.07, 6.45) is 0. The summed E-state index contributed by atoms with van der Waals surface area (Å²) in [6, 6.07) is 0. The summed E-state index contributed by atoms with van der Waals surface area (Å²) >= 11 is 2.76. The number of rotatable bonds is 3. The molecule has 0 aliphatic heterocycles. The Balaban J connectivity index is 3.15. The van der Waals surface area contributed by atoms with Crippen LogP contribution in [0.2, 0.25) is 0 Å². The quantitative estimate of drug-likeness (QED) is 0.360. The second-order valence-corrected chi connectivity index (χ2v) is 1.91. The first-order valence-electron chi connectivity index (χ1n) is 1.57. The monoisotopic (exact) mass is 166 g/mol. The maximum Gasteiger partial charge on any atom is 0.169 e. The normalized spacial score (nSPS) is 12.7. The summed E-state index contributed by atoms with van der Waals surface area (Å²) in [5.74, 6) is 0. The Hall–Kier alpha value is -0.320. The lowest BCUT2D eigenvalue weighted by atomic mass is 10.7. The summed E-state index contributed by atoms with van der Waals surface area (Å²) in [4.78, 5) is 18.0. The fourth-order valence-corrected chi connectivity index (χ4v) is 0.213. The van der Waals surface area contributed by atoms with Crippen molar-refractivity contribution in [2.45, 2.75) is 4.95 Å². The third-order valence-corrected chi connectivity index (χ3v) is 0.796. The van der Waals surface area contributed by atoms with Gasteiger partial charge in [-0.15, -0.1) is 4.91 Å². The molecule has 0 N–H and O–H groups in total. The van der Waals surface area contributed by atoms with Crippen molar-refractivity contribution in [3.63, 3.8) is 0 Å². The molecule has 7 heavy (non-hydrogen) atoms. The van der Waals surface area contributed by atoms with E-state index in [9.17, 15) is 9.81 Å². The highest BCUT2D eigenvalue weighted by molar-refractivity contribution is 9.09. The molecule has 0 aromatic carbocycles. The molecule has 40 valence electrons. The molecule has 0 fully saturated rings. The zero-order chi connectivity index (χ0) is 5.70. The highest BCUT2D eigenvalue weighted by Crippen LogP contribution is 1.98. The van der Waals surface area contributed by atoms with Crippen molar-refractivity contribution in [2.24, 2.45) is 10.4 Å². The summed E-state index contributed by atoms with van der Waals surface area (Å²) in [5.41, 5.74) is 0. The number of hydrogen-bond donors (Lipinski definition) is 0. The average Bonchev–Trinajstić information content (AvgIpc) is 1.68. The second-order valence-electron chi connectivity index (χ2n) is 0.852. The maximum atomic E-state index is 9.40. The number of hydrogen-bond acceptors (Lipinski definition) is 4. The zero-order valence-electron chi connectivity index (χ0n) is 3.37. The van der Waals surface area contributed by atoms with Crippen LogP contribution in [0, 0.1) is 9.81 Å². The van der Waals surface area contributed by atoms with Crippen LogP contribution in [-0.2, 0) is 0 Å². The SMILES string of the molecule is O=NCC(Br)N=O. The zero-order valence-corrected chi connectivity index (χ0v) is 4.96. The van der Waals surface area contributed by atoms with Crippen LogP contribution in [0.25, 0.3) is 0 Å². The number of halogens is 1. The van der Waals surface area contributed by atoms with E-state index < -0.39 is 4.95 Å². The molecule has 0 aromatic heterocycles. The van der Waals surface area contributed by atoms with E-state index >= 15 is 0 Å². The minimum atomic E-state index is -0.648. The van der Waals surface area contributed by atoms with E-state index in [-0.39, 0.29) is 6.54 Å². The van der Waals surface area contributed by atoms with Gasteiger partial charge in [-0.1, -0.05) is 26.3 Å². The van der Waals surface area contributed by atoms with E-state index in [4.69, 9.17) is 0 Å². The van der Waals surface area contributed by atoms with Crippen LogP contribution >= 0.6 is 15.9 Å². The molecular weight excluding hydrogens is 164 g/mol. The molecule has 0 amide bonds. The lowest BCUT2D eigenvalue weighted by Crippen LogP contribution is -1.94. The van der Waals surface area contributed by atoms with Crippen LogP contribution in [0.3, 0.4) is 0 Å². The highest BCUT2D eigenvalue weighted by Gasteiger charge is 1.98. The predicted octanol–water partition coefficient (Wildman–Crippen LogP) is 1.24. The standard InChI is InChI=1S/C2H3BrN2O2/c3-2(5-7)1-4-6/h2H,1H2. The van der Waals surface area contributed by atoms with E-state index in [0.29, 0.717) is 0 Å². The average molecular weight is 167 g/mol. The van der Waals surface area contributed by atoms with Gasteiger partial charge in [-0.05, 0) is 0 Å². The third kappa shape index (κ3) is 3.51. The Labute approximate surface area is 48.4 Å². The molecule has 0 rings (SSSR count). The van der Waals surface area contributed by atoms with Crippen molar-refractivity contribution >= 4 is 15.9 Å². The molecule has 0 saturated heterocycles. The van der Waals surface area contributed by atoms with Crippen molar-refractivity contribution in [1.82, 2.24) is 0 Å². The minimum absolute atomic E-state index is 0.0938. The lowest BCUT2D eigenvalue weighted by molar-refractivity contribution is 0.915. The number of nitroso groups, excluding NO2 is 2. The number of alkyl halides is 1. The lowest BCUT2D eigenvalue weighted by Gasteiger charge is -1.84. The molecule has 0 radical (unpaired) electrons. The molecule has 1 atom stereocenters. The van der Waals surface area contributed by atoms with Crippen molar-refractivity contribution in [3.05, 3.63) is 9.81 Å². The molecule has 0 heterocycles. The summed E-state index contributed by atoms with van der Waals surface area (Å²) < 4.78 is 0. The Morgan fingerprint density at radius 1 is 1.57 bits per heavy atom. The van der Waals surface area contributed by atoms with Gasteiger partial charge in [-0.3, -0.25) is 0 Å². The van der Waals surface area contributed by atoms with Gasteiger partial charge in [0.05, 0.1) is 0 Å². The molecule has 0 saturated carbocycles. The van der Waals surface area contributed by atoms with Crippen LogP contribution in [-0.4, -0.2) is 11.5 Å². The van der Waals surface area contributed by atoms with Gasteiger partial charge in [0, 0.05) is 0 Å². The first-order chi connectivity index (χ1) is 3.31. The van der Waals surface area contributed by atoms with E-state index in [0.717, 1.165) is 0 Å². The largest absolute Gasteiger partial charge is 0.169 e. The molecule has 1 unspecified atom stereocenters. The summed E-state index contributed by atoms with van der Waals surface area (Å²) in [5, 5.41) is 4.87. The van der Waals surface area contributed by atoms with Crippen molar-refractivity contribution < 1.29 is 0 Å². The van der Waals surface area contributed by atoms with Gasteiger partial charge in [0.15, 0.2) is 4.95 Å². The molecule has 5 heteroatoms. The maximum absolute atomic E-state index is 9.40. The molecule has 0 spiro atoms. The van der Waals surface area contributed by atoms with Crippen LogP contribution in [0.1, 0.15) is 0 Å². The Bertz CT molecular complexity index is 76.1. The van der Waals surface area contributed by atoms with Gasteiger partial charge < -0.3 is 0 Å². The van der Waals surface area contributed by atoms with Gasteiger partial charge in [0.25, 0.3) is 0 Å². The van der Waals surface area contributed by atoms with Crippen LogP contribution < -0.4 is 0 Å². The first-order valence-corrected chi connectivity index (χ1v) is 2.48. The van der Waals surface area contributed by atoms with Crippen molar-refractivity contribution in [1.29, 1.82) is 0 Å². The van der Waals surface area contributed by atoms with Gasteiger partial charge >= 0.3 is 0 Å². The third-order valence-electron chi connectivity index (χ3n) is 0.340. The molecule has 0 bridgehead atoms. The molecular formula is C2H3BrN2O2. The topological polar surface area (TPSA) is 58.9 Å². The Morgan fingerprint density at radius 3 is 2.29 bits per heavy atom. The Kier molecular flexibility index (Phi) is 3.68. The van der Waals surface area contributed by atoms with Crippen molar-refractivity contribution in [3.8, 4) is 0 Å². The van der Waals surface area contributed by atoms with E-state index in [2.05, 4.69) is 26.3 Å². The van der Waals surface area contributed by atoms with E-state index in [1.807, 2.05) is 0 Å². The smallest absolute Gasteiger partial charge is 0.151 e. The van der Waals surface area contributed by atoms with E-state index in [1.165, 1.54) is 0 Å². The molecule has 0 aliphatic rings. The fourth-order valence-electron chi connectivity index (χ4n) is 0.0948. The van der Waals surface area contributed by atoms with Crippen molar-refractivity contribution in [2.75, 3.05) is 6.54 Å². The van der Waals surface area contributed by atoms with Gasteiger partial charge in [0.1, 0.15) is 6.54 Å². The first kappa shape index (κ1) is 6.68. The second kappa shape index (κ2) is 3.86. The fraction of sp³-hybridized carbons (Fsp3) is 1.00. The highest BCUT2D eigenvalue weighted by atomic mass is 79.9. The van der Waals surface area contributed by atoms with Gasteiger partial charge in [-0.2, -0.15) is 4.91 Å². The van der Waals surface area contributed by atoms with Crippen LogP contribution in [0.15, 0.2) is 10.4 Å². The molecule has 4 nitrogen and oxygen atoms in total. The van der Waals surface area contributed by atoms with Crippen LogP contribution in [0.5, 0.6) is 0 Å². The summed E-state index contributed by atoms with van der Waals surface area (Å²) in [7, 11) is 0. The van der Waals surface area contributed by atoms with Gasteiger partial charge in [0.2, 0.25) is 0 Å². The molecule has 0 aromatic rings.